The van der Waals surface area contributed by atoms with Crippen molar-refractivity contribution in [2.45, 2.75) is 31.7 Å². The molecule has 27 heavy (non-hydrogen) atoms. The van der Waals surface area contributed by atoms with Gasteiger partial charge in [0.2, 0.25) is 11.8 Å². The van der Waals surface area contributed by atoms with E-state index in [4.69, 9.17) is 0 Å². The predicted molar refractivity (Wildman–Crippen MR) is 103 cm³/mol. The molecule has 3 fully saturated rings. The van der Waals surface area contributed by atoms with Crippen LogP contribution < -0.4 is 20.9 Å². The lowest BCUT2D eigenvalue weighted by molar-refractivity contribution is -0.146. The Morgan fingerprint density at radius 2 is 1.81 bits per heavy atom. The van der Waals surface area contributed by atoms with E-state index in [9.17, 15) is 14.4 Å². The zero-order chi connectivity index (χ0) is 18.8. The van der Waals surface area contributed by atoms with E-state index in [2.05, 4.69) is 20.9 Å². The molecule has 7 heteroatoms. The molecule has 0 aliphatic carbocycles. The van der Waals surface area contributed by atoms with Gasteiger partial charge in [0.05, 0.1) is 5.92 Å². The summed E-state index contributed by atoms with van der Waals surface area (Å²) in [6.07, 6.45) is 4.40. The van der Waals surface area contributed by atoms with Crippen LogP contribution in [0, 0.1) is 11.8 Å². The molecular weight excluding hydrogens is 344 g/mol. The second kappa shape index (κ2) is 7.68. The van der Waals surface area contributed by atoms with Crippen molar-refractivity contribution in [2.75, 3.05) is 36.4 Å². The number of anilines is 2. The van der Waals surface area contributed by atoms with Gasteiger partial charge in [-0.15, -0.1) is 0 Å². The Morgan fingerprint density at radius 1 is 1.07 bits per heavy atom. The highest BCUT2D eigenvalue weighted by molar-refractivity contribution is 6.23. The van der Waals surface area contributed by atoms with Crippen molar-refractivity contribution < 1.29 is 14.4 Å². The van der Waals surface area contributed by atoms with Crippen LogP contribution in [0.15, 0.2) is 24.3 Å². The van der Waals surface area contributed by atoms with E-state index in [-0.39, 0.29) is 17.7 Å². The van der Waals surface area contributed by atoms with Crippen molar-refractivity contribution in [2.24, 2.45) is 11.8 Å². The smallest absolute Gasteiger partial charge is 0.244 e. The van der Waals surface area contributed by atoms with Crippen LogP contribution in [0.25, 0.3) is 0 Å². The van der Waals surface area contributed by atoms with E-state index in [1.807, 2.05) is 24.3 Å². The summed E-state index contributed by atoms with van der Waals surface area (Å²) in [5.41, 5.74) is 1.74. The van der Waals surface area contributed by atoms with Gasteiger partial charge in [-0.2, -0.15) is 0 Å². The summed E-state index contributed by atoms with van der Waals surface area (Å²) < 4.78 is 0. The highest BCUT2D eigenvalue weighted by atomic mass is 16.2. The molecule has 3 aliphatic heterocycles. The molecule has 0 saturated carbocycles. The molecule has 3 N–H and O–H groups in total. The molecule has 2 amide bonds. The Bertz CT molecular complexity index is 727. The molecular formula is C20H26N4O3. The Labute approximate surface area is 158 Å². The van der Waals surface area contributed by atoms with Crippen LogP contribution >= 0.6 is 0 Å². The summed E-state index contributed by atoms with van der Waals surface area (Å²) in [5.74, 6) is -2.90. The molecule has 4 rings (SSSR count). The first-order chi connectivity index (χ1) is 13.1. The monoisotopic (exact) mass is 370 g/mol. The van der Waals surface area contributed by atoms with Gasteiger partial charge in [-0.25, -0.2) is 0 Å². The Kier molecular flexibility index (Phi) is 5.11. The fourth-order valence-electron chi connectivity index (χ4n) is 4.31. The molecule has 1 unspecified atom stereocenters. The number of ketones is 1. The maximum atomic E-state index is 12.7. The number of Topliss-reactive ketones (excluding diaryl/α,β-unsaturated/α-hetero) is 1. The largest absolute Gasteiger partial charge is 0.372 e. The number of fused-ring (bicyclic) bond motifs is 1. The molecule has 3 saturated heterocycles. The van der Waals surface area contributed by atoms with Gasteiger partial charge in [0.15, 0.2) is 11.7 Å². The van der Waals surface area contributed by atoms with E-state index in [1.54, 1.807) is 0 Å². The molecule has 3 heterocycles. The van der Waals surface area contributed by atoms with E-state index < -0.39 is 17.7 Å². The number of benzene rings is 1. The lowest BCUT2D eigenvalue weighted by Crippen LogP contribution is -2.62. The summed E-state index contributed by atoms with van der Waals surface area (Å²) in [7, 11) is 0. The number of rotatable bonds is 3. The molecule has 7 nitrogen and oxygen atoms in total. The zero-order valence-corrected chi connectivity index (χ0v) is 15.4. The van der Waals surface area contributed by atoms with E-state index >= 15 is 0 Å². The number of carbonyl (C=O) groups is 3. The Morgan fingerprint density at radius 3 is 2.56 bits per heavy atom. The van der Waals surface area contributed by atoms with Crippen molar-refractivity contribution in [3.63, 3.8) is 0 Å². The third kappa shape index (κ3) is 3.69. The van der Waals surface area contributed by atoms with E-state index in [0.29, 0.717) is 18.7 Å². The van der Waals surface area contributed by atoms with Gasteiger partial charge in [0.25, 0.3) is 0 Å². The minimum atomic E-state index is -1.27. The first-order valence-electron chi connectivity index (χ1n) is 9.84. The molecule has 0 bridgehead atoms. The predicted octanol–water partition coefficient (Wildman–Crippen LogP) is 0.909. The molecule has 1 aromatic rings. The minimum absolute atomic E-state index is 0.154. The zero-order valence-electron chi connectivity index (χ0n) is 15.4. The number of carbonyl (C=O) groups excluding carboxylic acids is 3. The highest BCUT2D eigenvalue weighted by Gasteiger charge is 2.47. The molecule has 0 spiro atoms. The van der Waals surface area contributed by atoms with Crippen molar-refractivity contribution >= 4 is 29.0 Å². The fraction of sp³-hybridized carbons (Fsp3) is 0.550. The number of hydrogen-bond acceptors (Lipinski definition) is 5. The maximum Gasteiger partial charge on any atom is 0.244 e. The molecule has 3 atom stereocenters. The van der Waals surface area contributed by atoms with E-state index in [0.717, 1.165) is 25.3 Å². The number of nitrogens with one attached hydrogen (secondary N) is 3. The highest BCUT2D eigenvalue weighted by Crippen LogP contribution is 2.25. The van der Waals surface area contributed by atoms with Crippen LogP contribution in [-0.2, 0) is 14.4 Å². The maximum absolute atomic E-state index is 12.7. The lowest BCUT2D eigenvalue weighted by atomic mass is 9.79. The first kappa shape index (κ1) is 18.0. The van der Waals surface area contributed by atoms with Gasteiger partial charge >= 0.3 is 0 Å². The second-order valence-electron chi connectivity index (χ2n) is 7.63. The van der Waals surface area contributed by atoms with Crippen LogP contribution in [0.2, 0.25) is 0 Å². The van der Waals surface area contributed by atoms with Crippen LogP contribution in [0.1, 0.15) is 25.7 Å². The summed E-state index contributed by atoms with van der Waals surface area (Å²) in [6, 6.07) is 7.46. The quantitative estimate of drug-likeness (QED) is 0.688. The molecule has 0 radical (unpaired) electrons. The molecule has 3 aliphatic rings. The molecule has 1 aromatic carbocycles. The average Bonchev–Trinajstić information content (AvgIpc) is 2.69. The van der Waals surface area contributed by atoms with Crippen molar-refractivity contribution in [1.29, 1.82) is 0 Å². The minimum Gasteiger partial charge on any atom is -0.372 e. The van der Waals surface area contributed by atoms with Crippen molar-refractivity contribution in [3.05, 3.63) is 24.3 Å². The second-order valence-corrected chi connectivity index (χ2v) is 7.63. The summed E-state index contributed by atoms with van der Waals surface area (Å²) in [6.45, 7) is 3.39. The Balaban J connectivity index is 1.42. The van der Waals surface area contributed by atoms with Gasteiger partial charge < -0.3 is 20.9 Å². The third-order valence-electron chi connectivity index (χ3n) is 5.84. The van der Waals surface area contributed by atoms with Crippen molar-refractivity contribution in [3.8, 4) is 0 Å². The van der Waals surface area contributed by atoms with Crippen LogP contribution in [0.4, 0.5) is 11.4 Å². The van der Waals surface area contributed by atoms with Gasteiger partial charge in [0, 0.05) is 37.1 Å². The number of nitrogens with zero attached hydrogens (tertiary/aromatic N) is 1. The summed E-state index contributed by atoms with van der Waals surface area (Å²) in [4.78, 5) is 40.0. The molecule has 0 aromatic heterocycles. The number of hydrogen-bond donors (Lipinski definition) is 3. The van der Waals surface area contributed by atoms with E-state index in [1.165, 1.54) is 19.3 Å². The van der Waals surface area contributed by atoms with Gasteiger partial charge in [-0.05, 0) is 56.5 Å². The topological polar surface area (TPSA) is 90.5 Å². The fourth-order valence-corrected chi connectivity index (χ4v) is 4.31. The summed E-state index contributed by atoms with van der Waals surface area (Å²) in [5, 5.41) is 8.76. The third-order valence-corrected chi connectivity index (χ3v) is 5.84. The SMILES string of the molecule is O=C(Nc1ccc(N2CCCCC2)cc1)C1C(=O)N[C@@H]2CCNC[C@@H]2C1=O. The van der Waals surface area contributed by atoms with Crippen LogP contribution in [-0.4, -0.2) is 49.8 Å². The Hall–Kier alpha value is -2.41. The van der Waals surface area contributed by atoms with Crippen LogP contribution in [0.5, 0.6) is 0 Å². The van der Waals surface area contributed by atoms with Gasteiger partial charge in [-0.1, -0.05) is 0 Å². The first-order valence-corrected chi connectivity index (χ1v) is 9.84. The molecule has 144 valence electrons. The van der Waals surface area contributed by atoms with Gasteiger partial charge in [-0.3, -0.25) is 14.4 Å². The normalized spacial score (nSPS) is 28.3. The number of piperidine rings is 3. The van der Waals surface area contributed by atoms with Gasteiger partial charge in [0.1, 0.15) is 0 Å². The van der Waals surface area contributed by atoms with Crippen molar-refractivity contribution in [1.82, 2.24) is 10.6 Å². The standard InChI is InChI=1S/C20H26N4O3/c25-18-15-12-21-9-8-16(15)23-20(27)17(18)19(26)22-13-4-6-14(7-5-13)24-10-2-1-3-11-24/h4-7,15-17,21H,1-3,8-12H2,(H,22,26)(H,23,27)/t15-,16+,17?/m0/s1. The summed E-state index contributed by atoms with van der Waals surface area (Å²) >= 11 is 0. The van der Waals surface area contributed by atoms with Crippen LogP contribution in [0.3, 0.4) is 0 Å². The average molecular weight is 370 g/mol. The lowest BCUT2D eigenvalue weighted by Gasteiger charge is -2.37. The number of amides is 2.